The van der Waals surface area contributed by atoms with Crippen LogP contribution in [0.5, 0.6) is 0 Å². The van der Waals surface area contributed by atoms with Gasteiger partial charge in [-0.25, -0.2) is 0 Å². The van der Waals surface area contributed by atoms with Crippen LogP contribution in [0.4, 0.5) is 0 Å². The number of aliphatic hydroxyl groups excluding tert-OH is 1. The van der Waals surface area contributed by atoms with Crippen molar-refractivity contribution < 1.29 is 5.11 Å². The summed E-state index contributed by atoms with van der Waals surface area (Å²) in [7, 11) is 0. The van der Waals surface area contributed by atoms with E-state index in [4.69, 9.17) is 0 Å². The molecule has 0 aromatic rings. The number of likely N-dealkylation sites (tertiary alicyclic amines) is 1. The van der Waals surface area contributed by atoms with Crippen LogP contribution in [0.25, 0.3) is 0 Å². The van der Waals surface area contributed by atoms with Crippen molar-refractivity contribution in [1.82, 2.24) is 4.90 Å². The van der Waals surface area contributed by atoms with Crippen molar-refractivity contribution in [2.45, 2.75) is 46.6 Å². The van der Waals surface area contributed by atoms with E-state index in [1.165, 1.54) is 13.1 Å². The Kier molecular flexibility index (Phi) is 3.96. The smallest absolute Gasteiger partial charge is 0.0667 e. The monoisotopic (exact) mass is 199 g/mol. The predicted octanol–water partition coefficient (Wildman–Crippen LogP) is 2.13. The minimum absolute atomic E-state index is 0.110. The molecule has 84 valence electrons. The molecule has 0 saturated carbocycles. The van der Waals surface area contributed by atoms with Crippen LogP contribution in [-0.2, 0) is 0 Å². The molecule has 0 amide bonds. The Balaban J connectivity index is 2.16. The molecule has 1 aliphatic rings. The van der Waals surface area contributed by atoms with Crippen molar-refractivity contribution in [3.63, 3.8) is 0 Å². The number of β-amino-alcohol motifs (C(OH)–C–C–N with tert-alkyl or cyclic N) is 1. The summed E-state index contributed by atoms with van der Waals surface area (Å²) in [6.07, 6.45) is 1.91. The Labute approximate surface area is 88.3 Å². The second-order valence-electron chi connectivity index (χ2n) is 5.72. The van der Waals surface area contributed by atoms with E-state index in [2.05, 4.69) is 32.6 Å². The Bertz CT molecular complexity index is 168. The van der Waals surface area contributed by atoms with Crippen molar-refractivity contribution in [3.8, 4) is 0 Å². The van der Waals surface area contributed by atoms with Crippen LogP contribution in [0.15, 0.2) is 0 Å². The highest BCUT2D eigenvalue weighted by atomic mass is 16.3. The summed E-state index contributed by atoms with van der Waals surface area (Å²) in [6.45, 7) is 12.2. The van der Waals surface area contributed by atoms with E-state index < -0.39 is 0 Å². The molecule has 1 heterocycles. The average molecular weight is 199 g/mol. The number of hydrogen-bond donors (Lipinski definition) is 1. The van der Waals surface area contributed by atoms with Crippen LogP contribution >= 0.6 is 0 Å². The third-order valence-corrected chi connectivity index (χ3v) is 3.27. The fourth-order valence-corrected chi connectivity index (χ4v) is 1.99. The van der Waals surface area contributed by atoms with Gasteiger partial charge in [0.05, 0.1) is 6.10 Å². The first kappa shape index (κ1) is 12.0. The van der Waals surface area contributed by atoms with Gasteiger partial charge in [-0.05, 0) is 17.8 Å². The van der Waals surface area contributed by atoms with E-state index in [1.54, 1.807) is 0 Å². The number of aliphatic hydroxyl groups is 1. The standard InChI is InChI=1S/C12H25NO/c1-5-6-11(14)9-13-7-10(8-13)12(2,3)4/h10-11,14H,5-9H2,1-4H3. The normalized spacial score (nSPS) is 22.1. The Morgan fingerprint density at radius 3 is 2.36 bits per heavy atom. The molecule has 1 fully saturated rings. The van der Waals surface area contributed by atoms with Crippen molar-refractivity contribution in [1.29, 1.82) is 0 Å². The third kappa shape index (κ3) is 3.25. The highest BCUT2D eigenvalue weighted by Crippen LogP contribution is 2.33. The second kappa shape index (κ2) is 4.63. The van der Waals surface area contributed by atoms with Gasteiger partial charge in [-0.2, -0.15) is 0 Å². The molecule has 1 saturated heterocycles. The molecule has 0 aromatic carbocycles. The highest BCUT2D eigenvalue weighted by molar-refractivity contribution is 4.88. The predicted molar refractivity (Wildman–Crippen MR) is 60.3 cm³/mol. The molecule has 0 radical (unpaired) electrons. The summed E-state index contributed by atoms with van der Waals surface area (Å²) >= 11 is 0. The summed E-state index contributed by atoms with van der Waals surface area (Å²) in [6, 6.07) is 0. The SMILES string of the molecule is CCCC(O)CN1CC(C(C)(C)C)C1. The van der Waals surface area contributed by atoms with E-state index in [-0.39, 0.29) is 6.10 Å². The lowest BCUT2D eigenvalue weighted by Gasteiger charge is -2.47. The van der Waals surface area contributed by atoms with Gasteiger partial charge in [0.2, 0.25) is 0 Å². The van der Waals surface area contributed by atoms with Gasteiger partial charge in [-0.15, -0.1) is 0 Å². The molecule has 1 aliphatic heterocycles. The summed E-state index contributed by atoms with van der Waals surface area (Å²) < 4.78 is 0. The summed E-state index contributed by atoms with van der Waals surface area (Å²) in [5.74, 6) is 0.816. The molecule has 0 bridgehead atoms. The summed E-state index contributed by atoms with van der Waals surface area (Å²) in [4.78, 5) is 2.37. The zero-order chi connectivity index (χ0) is 10.8. The van der Waals surface area contributed by atoms with E-state index in [9.17, 15) is 5.11 Å². The maximum absolute atomic E-state index is 9.63. The maximum atomic E-state index is 9.63. The highest BCUT2D eigenvalue weighted by Gasteiger charge is 2.35. The fraction of sp³-hybridized carbons (Fsp3) is 1.00. The van der Waals surface area contributed by atoms with Gasteiger partial charge in [0.15, 0.2) is 0 Å². The third-order valence-electron chi connectivity index (χ3n) is 3.27. The first-order chi connectivity index (χ1) is 6.43. The van der Waals surface area contributed by atoms with Crippen LogP contribution < -0.4 is 0 Å². The number of rotatable bonds is 4. The molecule has 0 aliphatic carbocycles. The molecule has 0 spiro atoms. The van der Waals surface area contributed by atoms with Crippen molar-refractivity contribution in [2.75, 3.05) is 19.6 Å². The lowest BCUT2D eigenvalue weighted by molar-refractivity contribution is -0.00802. The first-order valence-electron chi connectivity index (χ1n) is 5.84. The van der Waals surface area contributed by atoms with E-state index in [1.807, 2.05) is 0 Å². The van der Waals surface area contributed by atoms with Crippen LogP contribution in [0, 0.1) is 11.3 Å². The van der Waals surface area contributed by atoms with E-state index in [0.717, 1.165) is 25.3 Å². The summed E-state index contributed by atoms with van der Waals surface area (Å²) in [5.41, 5.74) is 0.437. The molecular formula is C12H25NO. The molecular weight excluding hydrogens is 174 g/mol. The van der Waals surface area contributed by atoms with E-state index in [0.29, 0.717) is 5.41 Å². The maximum Gasteiger partial charge on any atom is 0.0667 e. The minimum atomic E-state index is -0.110. The van der Waals surface area contributed by atoms with E-state index >= 15 is 0 Å². The summed E-state index contributed by atoms with van der Waals surface area (Å²) in [5, 5.41) is 9.63. The van der Waals surface area contributed by atoms with Gasteiger partial charge in [0.25, 0.3) is 0 Å². The van der Waals surface area contributed by atoms with Gasteiger partial charge in [-0.3, -0.25) is 0 Å². The van der Waals surface area contributed by atoms with Crippen molar-refractivity contribution in [3.05, 3.63) is 0 Å². The van der Waals surface area contributed by atoms with Crippen LogP contribution in [-0.4, -0.2) is 35.7 Å². The van der Waals surface area contributed by atoms with Crippen LogP contribution in [0.3, 0.4) is 0 Å². The van der Waals surface area contributed by atoms with Gasteiger partial charge in [0.1, 0.15) is 0 Å². The molecule has 1 atom stereocenters. The first-order valence-corrected chi connectivity index (χ1v) is 5.84. The molecule has 14 heavy (non-hydrogen) atoms. The Morgan fingerprint density at radius 2 is 1.93 bits per heavy atom. The molecule has 1 N–H and O–H groups in total. The van der Waals surface area contributed by atoms with Crippen molar-refractivity contribution >= 4 is 0 Å². The Hall–Kier alpha value is -0.0800. The topological polar surface area (TPSA) is 23.5 Å². The minimum Gasteiger partial charge on any atom is -0.392 e. The molecule has 1 rings (SSSR count). The molecule has 2 heteroatoms. The Morgan fingerprint density at radius 1 is 1.36 bits per heavy atom. The number of hydrogen-bond acceptors (Lipinski definition) is 2. The van der Waals surface area contributed by atoms with Gasteiger partial charge < -0.3 is 10.0 Å². The quantitative estimate of drug-likeness (QED) is 0.749. The lowest BCUT2D eigenvalue weighted by atomic mass is 9.76. The van der Waals surface area contributed by atoms with Gasteiger partial charge >= 0.3 is 0 Å². The lowest BCUT2D eigenvalue weighted by Crippen LogP contribution is -2.54. The zero-order valence-electron chi connectivity index (χ0n) is 10.1. The zero-order valence-corrected chi connectivity index (χ0v) is 10.1. The van der Waals surface area contributed by atoms with Gasteiger partial charge in [0, 0.05) is 19.6 Å². The molecule has 0 aromatic heterocycles. The van der Waals surface area contributed by atoms with Crippen LogP contribution in [0.2, 0.25) is 0 Å². The van der Waals surface area contributed by atoms with Crippen molar-refractivity contribution in [2.24, 2.45) is 11.3 Å². The molecule has 2 nitrogen and oxygen atoms in total. The number of nitrogens with zero attached hydrogens (tertiary/aromatic N) is 1. The fourth-order valence-electron chi connectivity index (χ4n) is 1.99. The van der Waals surface area contributed by atoms with Crippen LogP contribution in [0.1, 0.15) is 40.5 Å². The second-order valence-corrected chi connectivity index (χ2v) is 5.72. The average Bonchev–Trinajstić information content (AvgIpc) is 1.94. The van der Waals surface area contributed by atoms with Gasteiger partial charge in [-0.1, -0.05) is 34.1 Å². The molecule has 1 unspecified atom stereocenters. The largest absolute Gasteiger partial charge is 0.392 e.